The molecule has 1 aromatic rings. The van der Waals surface area contributed by atoms with E-state index < -0.39 is 17.7 Å². The molecule has 0 aliphatic carbocycles. The average molecular weight is 289 g/mol. The third-order valence-corrected chi connectivity index (χ3v) is 3.04. The number of nitrogens with one attached hydrogen (secondary N) is 1. The Kier molecular flexibility index (Phi) is 5.56. The number of carbonyl (C=O) groups is 1. The lowest BCUT2D eigenvalue weighted by molar-refractivity contribution is -0.138. The van der Waals surface area contributed by atoms with E-state index in [4.69, 9.17) is 5.11 Å². The maximum absolute atomic E-state index is 12.6. The van der Waals surface area contributed by atoms with Crippen molar-refractivity contribution in [3.8, 4) is 0 Å². The van der Waals surface area contributed by atoms with E-state index >= 15 is 0 Å². The zero-order chi connectivity index (χ0) is 15.3. The molecule has 112 valence electrons. The van der Waals surface area contributed by atoms with Gasteiger partial charge in [-0.15, -0.1) is 0 Å². The number of benzene rings is 1. The highest BCUT2D eigenvalue weighted by Gasteiger charge is 2.30. The minimum atomic E-state index is -4.36. The number of hydrogen-bond donors (Lipinski definition) is 2. The van der Waals surface area contributed by atoms with Crippen molar-refractivity contribution in [2.45, 2.75) is 44.9 Å². The molecule has 0 amide bonds. The number of carboxylic acid groups (broad SMARTS) is 1. The molecular formula is C14H18F3NO2. The zero-order valence-corrected chi connectivity index (χ0v) is 11.4. The number of carboxylic acids is 1. The van der Waals surface area contributed by atoms with Gasteiger partial charge >= 0.3 is 12.1 Å². The fraction of sp³-hybridized carbons (Fsp3) is 0.500. The van der Waals surface area contributed by atoms with Gasteiger partial charge in [0, 0.05) is 18.5 Å². The van der Waals surface area contributed by atoms with Gasteiger partial charge in [0.2, 0.25) is 0 Å². The lowest BCUT2D eigenvalue weighted by atomic mass is 10.0. The second-order valence-corrected chi connectivity index (χ2v) is 4.85. The van der Waals surface area contributed by atoms with Crippen LogP contribution >= 0.6 is 0 Å². The summed E-state index contributed by atoms with van der Waals surface area (Å²) in [5.74, 6) is -0.884. The van der Waals surface area contributed by atoms with Gasteiger partial charge in [0.15, 0.2) is 0 Å². The molecule has 0 bridgehead atoms. The maximum atomic E-state index is 12.6. The Balaban J connectivity index is 2.68. The summed E-state index contributed by atoms with van der Waals surface area (Å²) in [7, 11) is 0. The van der Waals surface area contributed by atoms with Crippen molar-refractivity contribution in [3.63, 3.8) is 0 Å². The molecule has 0 aliphatic heterocycles. The first-order valence-corrected chi connectivity index (χ1v) is 6.35. The normalized spacial score (nSPS) is 14.8. The molecule has 1 rings (SSSR count). The highest BCUT2D eigenvalue weighted by molar-refractivity contribution is 5.66. The molecule has 0 saturated heterocycles. The SMILES string of the molecule is CC(CCC(=O)O)NC(C)c1cccc(C(F)(F)F)c1. The van der Waals surface area contributed by atoms with Crippen molar-refractivity contribution < 1.29 is 23.1 Å². The first kappa shape index (κ1) is 16.5. The monoisotopic (exact) mass is 289 g/mol. The summed E-state index contributed by atoms with van der Waals surface area (Å²) in [6.45, 7) is 3.57. The van der Waals surface area contributed by atoms with Crippen LogP contribution in [0.4, 0.5) is 13.2 Å². The lowest BCUT2D eigenvalue weighted by Gasteiger charge is -2.20. The molecule has 2 N–H and O–H groups in total. The molecule has 0 heterocycles. The Labute approximate surface area is 115 Å². The van der Waals surface area contributed by atoms with Gasteiger partial charge < -0.3 is 10.4 Å². The minimum Gasteiger partial charge on any atom is -0.481 e. The number of alkyl halides is 3. The van der Waals surface area contributed by atoms with Gasteiger partial charge in [-0.25, -0.2) is 0 Å². The van der Waals surface area contributed by atoms with E-state index in [1.807, 2.05) is 6.92 Å². The van der Waals surface area contributed by atoms with Gasteiger partial charge in [-0.3, -0.25) is 4.79 Å². The van der Waals surface area contributed by atoms with Gasteiger partial charge in [0.1, 0.15) is 0 Å². The number of halogens is 3. The summed E-state index contributed by atoms with van der Waals surface area (Å²) in [5.41, 5.74) is -0.149. The Bertz CT molecular complexity index is 460. The summed E-state index contributed by atoms with van der Waals surface area (Å²) in [6, 6.07) is 4.78. The largest absolute Gasteiger partial charge is 0.481 e. The van der Waals surface area contributed by atoms with Gasteiger partial charge in [-0.05, 0) is 38.0 Å². The lowest BCUT2D eigenvalue weighted by Crippen LogP contribution is -2.29. The highest BCUT2D eigenvalue weighted by atomic mass is 19.4. The molecule has 0 aliphatic rings. The van der Waals surface area contributed by atoms with Crippen LogP contribution in [0.25, 0.3) is 0 Å². The second-order valence-electron chi connectivity index (χ2n) is 4.85. The van der Waals surface area contributed by atoms with E-state index in [0.29, 0.717) is 12.0 Å². The van der Waals surface area contributed by atoms with E-state index in [1.54, 1.807) is 13.0 Å². The smallest absolute Gasteiger partial charge is 0.416 e. The Morgan fingerprint density at radius 3 is 2.55 bits per heavy atom. The predicted molar refractivity (Wildman–Crippen MR) is 69.3 cm³/mol. The number of hydrogen-bond acceptors (Lipinski definition) is 2. The predicted octanol–water partition coefficient (Wildman–Crippen LogP) is 3.61. The summed E-state index contributed by atoms with van der Waals surface area (Å²) in [4.78, 5) is 10.5. The van der Waals surface area contributed by atoms with Gasteiger partial charge in [0.25, 0.3) is 0 Å². The molecule has 2 unspecified atom stereocenters. The van der Waals surface area contributed by atoms with E-state index in [0.717, 1.165) is 12.1 Å². The van der Waals surface area contributed by atoms with Crippen LogP contribution in [0.2, 0.25) is 0 Å². The van der Waals surface area contributed by atoms with Crippen LogP contribution in [0.1, 0.15) is 43.9 Å². The molecule has 0 aromatic heterocycles. The summed E-state index contributed by atoms with van der Waals surface area (Å²) in [6.07, 6.45) is -3.90. The number of aliphatic carboxylic acids is 1. The Morgan fingerprint density at radius 2 is 2.00 bits per heavy atom. The van der Waals surface area contributed by atoms with Crippen molar-refractivity contribution in [1.29, 1.82) is 0 Å². The Morgan fingerprint density at radius 1 is 1.35 bits per heavy atom. The summed E-state index contributed by atoms with van der Waals surface area (Å²) in [5, 5.41) is 11.7. The molecule has 0 spiro atoms. The maximum Gasteiger partial charge on any atom is 0.416 e. The van der Waals surface area contributed by atoms with Gasteiger partial charge in [-0.2, -0.15) is 13.2 Å². The first-order valence-electron chi connectivity index (χ1n) is 6.35. The third kappa shape index (κ3) is 5.21. The zero-order valence-electron chi connectivity index (χ0n) is 11.4. The average Bonchev–Trinajstić information content (AvgIpc) is 2.35. The molecule has 0 radical (unpaired) electrons. The molecule has 0 fully saturated rings. The first-order chi connectivity index (χ1) is 9.20. The van der Waals surface area contributed by atoms with E-state index in [1.165, 1.54) is 6.07 Å². The quantitative estimate of drug-likeness (QED) is 0.841. The molecule has 1 aromatic carbocycles. The van der Waals surface area contributed by atoms with Crippen LogP contribution in [0.15, 0.2) is 24.3 Å². The van der Waals surface area contributed by atoms with Crippen molar-refractivity contribution in [1.82, 2.24) is 5.32 Å². The summed E-state index contributed by atoms with van der Waals surface area (Å²) < 4.78 is 37.9. The van der Waals surface area contributed by atoms with Crippen LogP contribution in [0, 0.1) is 0 Å². The van der Waals surface area contributed by atoms with E-state index in [9.17, 15) is 18.0 Å². The molecule has 0 saturated carbocycles. The van der Waals surface area contributed by atoms with Crippen molar-refractivity contribution in [2.24, 2.45) is 0 Å². The van der Waals surface area contributed by atoms with Crippen molar-refractivity contribution in [3.05, 3.63) is 35.4 Å². The highest BCUT2D eigenvalue weighted by Crippen LogP contribution is 2.30. The van der Waals surface area contributed by atoms with Gasteiger partial charge in [0.05, 0.1) is 5.56 Å². The van der Waals surface area contributed by atoms with E-state index in [-0.39, 0.29) is 18.5 Å². The van der Waals surface area contributed by atoms with Crippen LogP contribution < -0.4 is 5.32 Å². The number of rotatable bonds is 6. The topological polar surface area (TPSA) is 49.3 Å². The molecular weight excluding hydrogens is 271 g/mol. The molecule has 20 heavy (non-hydrogen) atoms. The third-order valence-electron chi connectivity index (χ3n) is 3.04. The fourth-order valence-corrected chi connectivity index (χ4v) is 1.93. The van der Waals surface area contributed by atoms with Crippen LogP contribution in [-0.2, 0) is 11.0 Å². The second kappa shape index (κ2) is 6.74. The Hall–Kier alpha value is -1.56. The van der Waals surface area contributed by atoms with Crippen LogP contribution in [0.3, 0.4) is 0 Å². The van der Waals surface area contributed by atoms with Crippen molar-refractivity contribution in [2.75, 3.05) is 0 Å². The van der Waals surface area contributed by atoms with Gasteiger partial charge in [-0.1, -0.05) is 12.1 Å². The van der Waals surface area contributed by atoms with Crippen molar-refractivity contribution >= 4 is 5.97 Å². The van der Waals surface area contributed by atoms with E-state index in [2.05, 4.69) is 5.32 Å². The minimum absolute atomic E-state index is 0.0312. The standard InChI is InChI=1S/C14H18F3NO2/c1-9(6-7-13(19)20)18-10(2)11-4-3-5-12(8-11)14(15,16)17/h3-5,8-10,18H,6-7H2,1-2H3,(H,19,20). The molecule has 6 heteroatoms. The molecule has 2 atom stereocenters. The summed E-state index contributed by atoms with van der Waals surface area (Å²) >= 11 is 0. The van der Waals surface area contributed by atoms with Crippen LogP contribution in [-0.4, -0.2) is 17.1 Å². The fourth-order valence-electron chi connectivity index (χ4n) is 1.93. The molecule has 3 nitrogen and oxygen atoms in total. The van der Waals surface area contributed by atoms with Crippen LogP contribution in [0.5, 0.6) is 0 Å².